The van der Waals surface area contributed by atoms with E-state index in [0.717, 1.165) is 48.1 Å². The molecule has 14 aliphatic carbocycles. The molecule has 14 aliphatic rings. The Kier molecular flexibility index (Phi) is 32.2. The van der Waals surface area contributed by atoms with Crippen LogP contribution < -0.4 is 0 Å². The Morgan fingerprint density at radius 2 is 0.262 bits per heavy atom. The van der Waals surface area contributed by atoms with E-state index in [2.05, 4.69) is 29.4 Å². The highest BCUT2D eigenvalue weighted by molar-refractivity contribution is 5.04. The molecule has 0 bridgehead atoms. The molecule has 0 aromatic heterocycles. The molecule has 0 radical (unpaired) electrons. The summed E-state index contributed by atoms with van der Waals surface area (Å²) in [6.07, 6.45) is 76.7. The van der Waals surface area contributed by atoms with Gasteiger partial charge in [-0.2, -0.15) is 0 Å². The van der Waals surface area contributed by atoms with Crippen LogP contribution in [0.3, 0.4) is 0 Å². The average molecular weight is 1500 g/mol. The lowest BCUT2D eigenvalue weighted by atomic mass is 9.73. The third kappa shape index (κ3) is 21.1. The summed E-state index contributed by atoms with van der Waals surface area (Å²) in [5, 5.41) is 41.0. The van der Waals surface area contributed by atoms with Gasteiger partial charge in [-0.1, -0.05) is 0 Å². The molecule has 0 saturated heterocycles. The third-order valence-electron chi connectivity index (χ3n) is 34.8. The molecule has 0 spiro atoms. The molecule has 4 N–H and O–H groups in total. The van der Waals surface area contributed by atoms with E-state index < -0.39 is 0 Å². The largest absolute Gasteiger partial charge is 0.396 e. The summed E-state index contributed by atoms with van der Waals surface area (Å²) in [7, 11) is 7.78. The van der Waals surface area contributed by atoms with Crippen molar-refractivity contribution in [2.24, 2.45) is 35.5 Å². The van der Waals surface area contributed by atoms with Crippen LogP contribution in [-0.2, 0) is 18.9 Å². The van der Waals surface area contributed by atoms with Gasteiger partial charge in [-0.3, -0.25) is 29.4 Å². The van der Waals surface area contributed by atoms with Crippen molar-refractivity contribution < 1.29 is 39.4 Å². The van der Waals surface area contributed by atoms with E-state index in [4.69, 9.17) is 18.9 Å². The summed E-state index contributed by atoms with van der Waals surface area (Å²) >= 11 is 0. The standard InChI is InChI=1S/C93H166N6O8/c1-104-90-53-45-86(46-54-90)96(74-21-9-68(62-100)10-22-74)82-37-29-78(30-38-82)94(79-31-39-83(40-32-79)97(75-23-11-69(63-101)12-24-75)87-47-55-91(105-2)56-48-87)72-17-5-66(6-18-72)61-67-7-19-73(20-8-67)95(80-33-41-84(42-34-80)98(76-25-13-70(64-102)14-26-76)88-49-57-92(106-3)58-50-88)81-35-43-85(44-36-81)99(77-27-15-71(65-103)16-28-77)89-51-59-93(107-4)60-52-89/h66-93,100-103H,5-65H2,1-4H3. The van der Waals surface area contributed by atoms with Gasteiger partial charge in [0, 0.05) is 164 Å². The molecule has 0 aliphatic heterocycles. The minimum absolute atomic E-state index is 0.372. The Balaban J connectivity index is 0.643. The van der Waals surface area contributed by atoms with E-state index in [9.17, 15) is 20.4 Å². The van der Waals surface area contributed by atoms with E-state index in [1.165, 1.54) is 366 Å². The molecule has 14 heteroatoms. The number of hydrogen-bond acceptors (Lipinski definition) is 14. The van der Waals surface area contributed by atoms with E-state index in [1.807, 2.05) is 28.4 Å². The maximum atomic E-state index is 10.3. The van der Waals surface area contributed by atoms with Gasteiger partial charge in [0.2, 0.25) is 0 Å². The minimum atomic E-state index is 0.372. The highest BCUT2D eigenvalue weighted by Gasteiger charge is 2.49. The van der Waals surface area contributed by atoms with Crippen molar-refractivity contribution in [2.45, 2.75) is 499 Å². The Morgan fingerprint density at radius 1 is 0.159 bits per heavy atom. The number of ether oxygens (including phenoxy) is 4. The lowest BCUT2D eigenvalue weighted by molar-refractivity contribution is -0.0494. The van der Waals surface area contributed by atoms with Gasteiger partial charge >= 0.3 is 0 Å². The van der Waals surface area contributed by atoms with Crippen LogP contribution >= 0.6 is 0 Å². The smallest absolute Gasteiger partial charge is 0.0572 e. The second-order valence-electron chi connectivity index (χ2n) is 40.2. The van der Waals surface area contributed by atoms with Crippen molar-refractivity contribution in [1.82, 2.24) is 29.4 Å². The van der Waals surface area contributed by atoms with Gasteiger partial charge in [-0.25, -0.2) is 0 Å². The molecule has 0 atom stereocenters. The Bertz CT molecular complexity index is 2020. The molecule has 0 aromatic carbocycles. The van der Waals surface area contributed by atoms with E-state index in [1.54, 1.807) is 0 Å². The fraction of sp³-hybridized carbons (Fsp3) is 1.00. The molecule has 14 nitrogen and oxygen atoms in total. The summed E-state index contributed by atoms with van der Waals surface area (Å²) in [5.41, 5.74) is 0. The molecular weight excluding hydrogens is 1330 g/mol. The predicted molar refractivity (Wildman–Crippen MR) is 435 cm³/mol. The molecule has 107 heavy (non-hydrogen) atoms. The normalized spacial score (nSPS) is 43.6. The van der Waals surface area contributed by atoms with Crippen LogP contribution in [-0.4, -0.2) is 238 Å². The summed E-state index contributed by atoms with van der Waals surface area (Å²) in [5.74, 6) is 3.81. The molecule has 14 fully saturated rings. The fourth-order valence-corrected chi connectivity index (χ4v) is 28.6. The number of rotatable bonds is 28. The van der Waals surface area contributed by atoms with Crippen molar-refractivity contribution in [3.8, 4) is 0 Å². The SMILES string of the molecule is COC1CCC(N(C2CCC(CO)CC2)C2CCC(N(C3CCC(CC4CCC(N(C5CCC(N(C6CCC(CO)CC6)C6CCC(OC)CC6)CC5)C5CCC(N(C6CCC(CO)CC6)C6CCC(OC)CC6)CC5)CC4)CC3)C3CCC(N(C4CCC(CO)CC4)C4CCC(OC)CC4)CC3)CC2)CC1. The second kappa shape index (κ2) is 41.5. The van der Waals surface area contributed by atoms with Crippen molar-refractivity contribution in [3.63, 3.8) is 0 Å². The van der Waals surface area contributed by atoms with Crippen molar-refractivity contribution in [3.05, 3.63) is 0 Å². The Hall–Kier alpha value is -0.560. The second-order valence-corrected chi connectivity index (χ2v) is 40.2. The Morgan fingerprint density at radius 3 is 0.374 bits per heavy atom. The van der Waals surface area contributed by atoms with E-state index >= 15 is 0 Å². The first-order valence-corrected chi connectivity index (χ1v) is 47.8. The molecule has 0 unspecified atom stereocenters. The summed E-state index contributed by atoms with van der Waals surface area (Å²) in [6.45, 7) is 1.49. The lowest BCUT2D eigenvalue weighted by Crippen LogP contribution is -2.58. The van der Waals surface area contributed by atoms with Crippen molar-refractivity contribution >= 4 is 0 Å². The maximum Gasteiger partial charge on any atom is 0.0572 e. The van der Waals surface area contributed by atoms with Gasteiger partial charge in [-0.05, 0) is 401 Å². The zero-order valence-corrected chi connectivity index (χ0v) is 69.4. The van der Waals surface area contributed by atoms with Crippen LogP contribution in [0.1, 0.15) is 366 Å². The van der Waals surface area contributed by atoms with Crippen LogP contribution in [0, 0.1) is 35.5 Å². The molecule has 616 valence electrons. The quantitative estimate of drug-likeness (QED) is 0.0591. The van der Waals surface area contributed by atoms with Crippen LogP contribution in [0.5, 0.6) is 0 Å². The van der Waals surface area contributed by atoms with Crippen LogP contribution in [0.2, 0.25) is 0 Å². The maximum absolute atomic E-state index is 10.3. The van der Waals surface area contributed by atoms with Crippen LogP contribution in [0.15, 0.2) is 0 Å². The molecule has 0 aromatic rings. The number of aliphatic hydroxyl groups is 4. The summed E-state index contributed by atoms with van der Waals surface area (Å²) in [4.78, 5) is 19.3. The van der Waals surface area contributed by atoms with Gasteiger partial charge in [0.1, 0.15) is 0 Å². The molecule has 0 amide bonds. The minimum Gasteiger partial charge on any atom is -0.396 e. The number of nitrogens with zero attached hydrogens (tertiary/aromatic N) is 6. The zero-order valence-electron chi connectivity index (χ0n) is 69.4. The van der Waals surface area contributed by atoms with Gasteiger partial charge in [-0.15, -0.1) is 0 Å². The van der Waals surface area contributed by atoms with Gasteiger partial charge in [0.15, 0.2) is 0 Å². The highest BCUT2D eigenvalue weighted by atomic mass is 16.5. The van der Waals surface area contributed by atoms with Crippen LogP contribution in [0.25, 0.3) is 0 Å². The van der Waals surface area contributed by atoms with Gasteiger partial charge in [0.05, 0.1) is 24.4 Å². The fourth-order valence-electron chi connectivity index (χ4n) is 28.6. The summed E-state index contributed by atoms with van der Waals surface area (Å²) in [6, 6.07) is 12.7. The highest BCUT2D eigenvalue weighted by Crippen LogP contribution is 2.49. The first kappa shape index (κ1) is 82.9. The summed E-state index contributed by atoms with van der Waals surface area (Å²) < 4.78 is 23.9. The topological polar surface area (TPSA) is 137 Å². The predicted octanol–water partition coefficient (Wildman–Crippen LogP) is 17.6. The number of hydrogen-bond donors (Lipinski definition) is 4. The van der Waals surface area contributed by atoms with Gasteiger partial charge < -0.3 is 39.4 Å². The Labute approximate surface area is 654 Å². The number of aliphatic hydroxyl groups excluding tert-OH is 4. The lowest BCUT2D eigenvalue weighted by Gasteiger charge is -2.54. The average Bonchev–Trinajstić information content (AvgIpc) is 0.792. The molecule has 0 heterocycles. The van der Waals surface area contributed by atoms with E-state index in [0.29, 0.717) is 147 Å². The van der Waals surface area contributed by atoms with E-state index in [-0.39, 0.29) is 0 Å². The monoisotopic (exact) mass is 1500 g/mol. The van der Waals surface area contributed by atoms with Crippen molar-refractivity contribution in [2.75, 3.05) is 54.9 Å². The first-order chi connectivity index (χ1) is 52.6. The molecule has 14 rings (SSSR count). The molecule has 14 saturated carbocycles. The first-order valence-electron chi connectivity index (χ1n) is 47.8. The van der Waals surface area contributed by atoms with Crippen molar-refractivity contribution in [1.29, 1.82) is 0 Å². The van der Waals surface area contributed by atoms with Crippen LogP contribution in [0.4, 0.5) is 0 Å². The molecular formula is C93H166N6O8. The number of methoxy groups -OCH3 is 4. The third-order valence-corrected chi connectivity index (χ3v) is 34.8. The van der Waals surface area contributed by atoms with Gasteiger partial charge in [0.25, 0.3) is 0 Å². The zero-order chi connectivity index (χ0) is 73.6.